The minimum atomic E-state index is -3.24. The fourth-order valence-electron chi connectivity index (χ4n) is 2.15. The van der Waals surface area contributed by atoms with E-state index in [9.17, 15) is 8.42 Å². The Labute approximate surface area is 144 Å². The SMILES string of the molecule is COc1ccc(-c2nnc3ccc(OCCNS(C)(=O)=O)nn23)cc1. The van der Waals surface area contributed by atoms with Gasteiger partial charge in [-0.05, 0) is 30.3 Å². The van der Waals surface area contributed by atoms with E-state index in [1.54, 1.807) is 23.8 Å². The number of benzene rings is 1. The molecule has 1 N–H and O–H groups in total. The van der Waals surface area contributed by atoms with Gasteiger partial charge in [-0.3, -0.25) is 0 Å². The second kappa shape index (κ2) is 7.03. The third-order valence-electron chi connectivity index (χ3n) is 3.30. The quantitative estimate of drug-likeness (QED) is 0.617. The monoisotopic (exact) mass is 363 g/mol. The number of aromatic nitrogens is 4. The normalized spacial score (nSPS) is 11.6. The standard InChI is InChI=1S/C15H17N5O4S/c1-23-12-5-3-11(4-6-12)15-18-17-13-7-8-14(19-20(13)15)24-10-9-16-25(2,21)22/h3-8,16H,9-10H2,1-2H3. The molecule has 0 spiro atoms. The number of nitrogens with one attached hydrogen (secondary N) is 1. The Hall–Kier alpha value is -2.72. The van der Waals surface area contributed by atoms with Crippen molar-refractivity contribution in [1.29, 1.82) is 0 Å². The molecular formula is C15H17N5O4S. The smallest absolute Gasteiger partial charge is 0.231 e. The first-order chi connectivity index (χ1) is 12.0. The van der Waals surface area contributed by atoms with Crippen molar-refractivity contribution in [2.24, 2.45) is 0 Å². The fraction of sp³-hybridized carbons (Fsp3) is 0.267. The first kappa shape index (κ1) is 17.1. The van der Waals surface area contributed by atoms with Crippen LogP contribution in [0.5, 0.6) is 11.6 Å². The summed E-state index contributed by atoms with van der Waals surface area (Å²) in [6, 6.07) is 10.8. The van der Waals surface area contributed by atoms with Crippen molar-refractivity contribution in [1.82, 2.24) is 24.5 Å². The van der Waals surface area contributed by atoms with Crippen LogP contribution in [0.15, 0.2) is 36.4 Å². The Morgan fingerprint density at radius 3 is 2.56 bits per heavy atom. The summed E-state index contributed by atoms with van der Waals surface area (Å²) in [5.41, 5.74) is 1.41. The van der Waals surface area contributed by atoms with Gasteiger partial charge in [0.15, 0.2) is 11.5 Å². The van der Waals surface area contributed by atoms with Gasteiger partial charge < -0.3 is 9.47 Å². The van der Waals surface area contributed by atoms with Crippen LogP contribution in [-0.4, -0.2) is 54.7 Å². The number of sulfonamides is 1. The van der Waals surface area contributed by atoms with E-state index in [-0.39, 0.29) is 13.2 Å². The molecule has 132 valence electrons. The molecule has 0 aliphatic rings. The Kier molecular flexibility index (Phi) is 4.81. The molecule has 3 rings (SSSR count). The number of hydrogen-bond donors (Lipinski definition) is 1. The van der Waals surface area contributed by atoms with Crippen LogP contribution in [0.25, 0.3) is 17.0 Å². The topological polar surface area (TPSA) is 108 Å². The van der Waals surface area contributed by atoms with Crippen LogP contribution >= 0.6 is 0 Å². The molecule has 0 aliphatic carbocycles. The third-order valence-corrected chi connectivity index (χ3v) is 4.03. The average Bonchev–Trinajstić information content (AvgIpc) is 3.01. The zero-order valence-corrected chi connectivity index (χ0v) is 14.5. The molecule has 0 amide bonds. The Bertz CT molecular complexity index is 969. The Morgan fingerprint density at radius 1 is 1.12 bits per heavy atom. The summed E-state index contributed by atoms with van der Waals surface area (Å²) < 4.78 is 36.6. The van der Waals surface area contributed by atoms with Gasteiger partial charge >= 0.3 is 0 Å². The van der Waals surface area contributed by atoms with Crippen LogP contribution in [0, 0.1) is 0 Å². The number of rotatable bonds is 7. The Morgan fingerprint density at radius 2 is 1.88 bits per heavy atom. The van der Waals surface area contributed by atoms with Crippen LogP contribution in [0.4, 0.5) is 0 Å². The maximum absolute atomic E-state index is 11.0. The number of ether oxygens (including phenoxy) is 2. The van der Waals surface area contributed by atoms with Crippen molar-refractivity contribution in [3.8, 4) is 23.0 Å². The molecule has 2 heterocycles. The van der Waals surface area contributed by atoms with E-state index in [4.69, 9.17) is 9.47 Å². The molecule has 2 aromatic heterocycles. The summed E-state index contributed by atoms with van der Waals surface area (Å²) in [5, 5.41) is 12.6. The van der Waals surface area contributed by atoms with Crippen LogP contribution in [0.3, 0.4) is 0 Å². The molecule has 0 bridgehead atoms. The molecule has 3 aromatic rings. The van der Waals surface area contributed by atoms with Gasteiger partial charge in [-0.2, -0.15) is 4.52 Å². The van der Waals surface area contributed by atoms with Gasteiger partial charge in [-0.25, -0.2) is 13.1 Å². The van der Waals surface area contributed by atoms with E-state index in [1.165, 1.54) is 0 Å². The predicted octanol–water partition coefficient (Wildman–Crippen LogP) is 0.728. The molecule has 9 nitrogen and oxygen atoms in total. The van der Waals surface area contributed by atoms with Crippen molar-refractivity contribution in [3.05, 3.63) is 36.4 Å². The van der Waals surface area contributed by atoms with Gasteiger partial charge in [-0.15, -0.1) is 15.3 Å². The van der Waals surface area contributed by atoms with Gasteiger partial charge in [-0.1, -0.05) is 0 Å². The number of fused-ring (bicyclic) bond motifs is 1. The highest BCUT2D eigenvalue weighted by Gasteiger charge is 2.11. The van der Waals surface area contributed by atoms with E-state index in [0.717, 1.165) is 17.6 Å². The van der Waals surface area contributed by atoms with Gasteiger partial charge in [0, 0.05) is 18.2 Å². The minimum absolute atomic E-state index is 0.158. The molecule has 0 aliphatic heterocycles. The largest absolute Gasteiger partial charge is 0.497 e. The highest BCUT2D eigenvalue weighted by Crippen LogP contribution is 2.21. The van der Waals surface area contributed by atoms with Gasteiger partial charge in [0.1, 0.15) is 12.4 Å². The highest BCUT2D eigenvalue weighted by molar-refractivity contribution is 7.88. The molecule has 0 atom stereocenters. The summed E-state index contributed by atoms with van der Waals surface area (Å²) >= 11 is 0. The maximum atomic E-state index is 11.0. The summed E-state index contributed by atoms with van der Waals surface area (Å²) in [4.78, 5) is 0. The first-order valence-electron chi connectivity index (χ1n) is 7.40. The van der Waals surface area contributed by atoms with Gasteiger partial charge in [0.2, 0.25) is 15.9 Å². The van der Waals surface area contributed by atoms with Crippen molar-refractivity contribution >= 4 is 15.7 Å². The lowest BCUT2D eigenvalue weighted by Gasteiger charge is -2.06. The zero-order valence-electron chi connectivity index (χ0n) is 13.7. The van der Waals surface area contributed by atoms with Gasteiger partial charge in [0.25, 0.3) is 0 Å². The first-order valence-corrected chi connectivity index (χ1v) is 9.30. The highest BCUT2D eigenvalue weighted by atomic mass is 32.2. The summed E-state index contributed by atoms with van der Waals surface area (Å²) in [5.74, 6) is 1.66. The maximum Gasteiger partial charge on any atom is 0.231 e. The lowest BCUT2D eigenvalue weighted by Crippen LogP contribution is -2.27. The predicted molar refractivity (Wildman–Crippen MR) is 91.1 cm³/mol. The number of nitrogens with zero attached hydrogens (tertiary/aromatic N) is 4. The second-order valence-electron chi connectivity index (χ2n) is 5.21. The zero-order chi connectivity index (χ0) is 17.9. The lowest BCUT2D eigenvalue weighted by atomic mass is 10.2. The van der Waals surface area contributed by atoms with Gasteiger partial charge in [0.05, 0.1) is 13.4 Å². The minimum Gasteiger partial charge on any atom is -0.497 e. The molecule has 0 fully saturated rings. The molecule has 1 aromatic carbocycles. The van der Waals surface area contributed by atoms with Crippen molar-refractivity contribution in [2.45, 2.75) is 0 Å². The van der Waals surface area contributed by atoms with Crippen LogP contribution in [0.1, 0.15) is 0 Å². The lowest BCUT2D eigenvalue weighted by molar-refractivity contribution is 0.306. The third kappa shape index (κ3) is 4.22. The number of methoxy groups -OCH3 is 1. The van der Waals surface area contributed by atoms with Crippen LogP contribution in [0.2, 0.25) is 0 Å². The second-order valence-corrected chi connectivity index (χ2v) is 7.04. The summed E-state index contributed by atoms with van der Waals surface area (Å²) in [7, 11) is -1.64. The van der Waals surface area contributed by atoms with Crippen molar-refractivity contribution < 1.29 is 17.9 Å². The van der Waals surface area contributed by atoms with Crippen LogP contribution in [-0.2, 0) is 10.0 Å². The molecule has 0 radical (unpaired) electrons. The molecule has 10 heteroatoms. The van der Waals surface area contributed by atoms with E-state index in [0.29, 0.717) is 17.4 Å². The van der Waals surface area contributed by atoms with E-state index in [2.05, 4.69) is 20.0 Å². The van der Waals surface area contributed by atoms with Crippen molar-refractivity contribution in [2.75, 3.05) is 26.5 Å². The fourth-order valence-corrected chi connectivity index (χ4v) is 2.61. The Balaban J connectivity index is 1.79. The molecule has 0 saturated carbocycles. The summed E-state index contributed by atoms with van der Waals surface area (Å²) in [6.45, 7) is 0.317. The summed E-state index contributed by atoms with van der Waals surface area (Å²) in [6.07, 6.45) is 1.09. The van der Waals surface area contributed by atoms with Crippen LogP contribution < -0.4 is 14.2 Å². The van der Waals surface area contributed by atoms with E-state index < -0.39 is 10.0 Å². The average molecular weight is 363 g/mol. The van der Waals surface area contributed by atoms with E-state index in [1.807, 2.05) is 24.3 Å². The number of hydrogen-bond acceptors (Lipinski definition) is 7. The molecule has 0 saturated heterocycles. The molecule has 25 heavy (non-hydrogen) atoms. The van der Waals surface area contributed by atoms with Crippen molar-refractivity contribution in [3.63, 3.8) is 0 Å². The van der Waals surface area contributed by atoms with E-state index >= 15 is 0 Å². The molecular weight excluding hydrogens is 346 g/mol. The molecule has 0 unspecified atom stereocenters.